The maximum Gasteiger partial charge on any atom is 0.406 e. The third-order valence-corrected chi connectivity index (χ3v) is 4.08. The molecule has 0 unspecified atom stereocenters. The van der Waals surface area contributed by atoms with Gasteiger partial charge in [0, 0.05) is 32.1 Å². The number of fused-ring (bicyclic) bond motifs is 1. The van der Waals surface area contributed by atoms with Crippen molar-refractivity contribution in [3.63, 3.8) is 0 Å². The molecule has 3 aromatic heterocycles. The zero-order valence-corrected chi connectivity index (χ0v) is 15.8. The molecule has 1 amide bonds. The number of hydrogen-bond acceptors (Lipinski definition) is 7. The number of carbonyl (C=O) groups is 1. The van der Waals surface area contributed by atoms with Crippen molar-refractivity contribution in [2.45, 2.75) is 6.92 Å². The van der Waals surface area contributed by atoms with Gasteiger partial charge in [-0.1, -0.05) is 0 Å². The van der Waals surface area contributed by atoms with Crippen LogP contribution >= 0.6 is 0 Å². The maximum absolute atomic E-state index is 11.2. The van der Waals surface area contributed by atoms with Crippen molar-refractivity contribution < 1.29 is 14.3 Å². The molecule has 142 valence electrons. The van der Waals surface area contributed by atoms with Gasteiger partial charge in [0.05, 0.1) is 25.4 Å². The summed E-state index contributed by atoms with van der Waals surface area (Å²) in [6.07, 6.45) is 4.89. The van der Waals surface area contributed by atoms with E-state index in [1.807, 2.05) is 37.2 Å². The van der Waals surface area contributed by atoms with Crippen LogP contribution in [-0.2, 0) is 4.74 Å². The molecule has 0 saturated heterocycles. The van der Waals surface area contributed by atoms with E-state index >= 15 is 0 Å². The molecule has 27 heavy (non-hydrogen) atoms. The van der Waals surface area contributed by atoms with Crippen LogP contribution in [0.25, 0.3) is 16.8 Å². The molecule has 3 rings (SSSR count). The molecule has 0 atom stereocenters. The van der Waals surface area contributed by atoms with Crippen LogP contribution in [0.3, 0.4) is 0 Å². The number of nitrogens with one attached hydrogen (secondary N) is 1. The SMILES string of the molecule is CNC(=O)OCCN(C)c1ccn2ncc(-c3cc(C)cnc3OC)c2n1. The maximum atomic E-state index is 11.2. The van der Waals surface area contributed by atoms with Gasteiger partial charge < -0.3 is 19.7 Å². The molecule has 0 radical (unpaired) electrons. The summed E-state index contributed by atoms with van der Waals surface area (Å²) in [6.45, 7) is 2.74. The number of carbonyl (C=O) groups excluding carboxylic acids is 1. The number of aryl methyl sites for hydroxylation is 1. The lowest BCUT2D eigenvalue weighted by Crippen LogP contribution is -2.27. The summed E-state index contributed by atoms with van der Waals surface area (Å²) in [4.78, 5) is 22.1. The second kappa shape index (κ2) is 7.90. The summed E-state index contributed by atoms with van der Waals surface area (Å²) in [5.74, 6) is 1.26. The van der Waals surface area contributed by atoms with E-state index in [2.05, 4.69) is 15.4 Å². The average Bonchev–Trinajstić information content (AvgIpc) is 3.10. The van der Waals surface area contributed by atoms with Crippen LogP contribution in [0.15, 0.2) is 30.7 Å². The number of ether oxygens (including phenoxy) is 2. The summed E-state index contributed by atoms with van der Waals surface area (Å²) in [7, 11) is 5.00. The summed E-state index contributed by atoms with van der Waals surface area (Å²) in [5, 5.41) is 6.79. The summed E-state index contributed by atoms with van der Waals surface area (Å²) < 4.78 is 12.1. The van der Waals surface area contributed by atoms with Gasteiger partial charge in [-0.2, -0.15) is 5.10 Å². The van der Waals surface area contributed by atoms with Gasteiger partial charge in [-0.3, -0.25) is 0 Å². The van der Waals surface area contributed by atoms with Crippen LogP contribution < -0.4 is 15.0 Å². The van der Waals surface area contributed by atoms with E-state index in [0.29, 0.717) is 18.1 Å². The molecular formula is C18H22N6O3. The van der Waals surface area contributed by atoms with Gasteiger partial charge in [-0.05, 0) is 24.6 Å². The lowest BCUT2D eigenvalue weighted by atomic mass is 10.1. The summed E-state index contributed by atoms with van der Waals surface area (Å²) in [6, 6.07) is 3.85. The van der Waals surface area contributed by atoms with Gasteiger partial charge in [0.2, 0.25) is 5.88 Å². The second-order valence-corrected chi connectivity index (χ2v) is 5.99. The van der Waals surface area contributed by atoms with Crippen LogP contribution in [0, 0.1) is 6.92 Å². The van der Waals surface area contributed by atoms with Crippen LogP contribution in [0.4, 0.5) is 10.6 Å². The molecular weight excluding hydrogens is 348 g/mol. The fraction of sp³-hybridized carbons (Fsp3) is 0.333. The number of likely N-dealkylation sites (N-methyl/N-ethyl adjacent to an activating group) is 1. The zero-order valence-electron chi connectivity index (χ0n) is 15.8. The quantitative estimate of drug-likeness (QED) is 0.708. The second-order valence-electron chi connectivity index (χ2n) is 5.99. The highest BCUT2D eigenvalue weighted by atomic mass is 16.5. The van der Waals surface area contributed by atoms with Crippen molar-refractivity contribution in [2.75, 3.05) is 39.3 Å². The standard InChI is InChI=1S/C18H22N6O3/c1-12-9-13(17(26-4)20-10-12)14-11-21-24-6-5-15(22-16(14)24)23(3)7-8-27-18(25)19-2/h5-6,9-11H,7-8H2,1-4H3,(H,19,25). The lowest BCUT2D eigenvalue weighted by molar-refractivity contribution is 0.151. The predicted molar refractivity (Wildman–Crippen MR) is 101 cm³/mol. The Morgan fingerprint density at radius 3 is 2.89 bits per heavy atom. The van der Waals surface area contributed by atoms with Crippen LogP contribution in [0.5, 0.6) is 5.88 Å². The van der Waals surface area contributed by atoms with Crippen LogP contribution in [0.2, 0.25) is 0 Å². The Labute approximate surface area is 156 Å². The normalized spacial score (nSPS) is 10.7. The Morgan fingerprint density at radius 2 is 2.15 bits per heavy atom. The summed E-state index contributed by atoms with van der Waals surface area (Å²) >= 11 is 0. The fourth-order valence-electron chi connectivity index (χ4n) is 2.64. The Balaban J connectivity index is 1.91. The molecule has 0 spiro atoms. The van der Waals surface area contributed by atoms with Crippen molar-refractivity contribution in [1.82, 2.24) is 24.9 Å². The first-order valence-electron chi connectivity index (χ1n) is 8.44. The van der Waals surface area contributed by atoms with E-state index in [1.54, 1.807) is 24.0 Å². The van der Waals surface area contributed by atoms with Gasteiger partial charge in [0.25, 0.3) is 0 Å². The minimum atomic E-state index is -0.455. The van der Waals surface area contributed by atoms with E-state index in [4.69, 9.17) is 14.5 Å². The molecule has 0 aromatic carbocycles. The number of methoxy groups -OCH3 is 1. The third-order valence-electron chi connectivity index (χ3n) is 4.08. The molecule has 3 aromatic rings. The number of nitrogens with zero attached hydrogens (tertiary/aromatic N) is 5. The van der Waals surface area contributed by atoms with Crippen molar-refractivity contribution in [3.05, 3.63) is 36.3 Å². The van der Waals surface area contributed by atoms with E-state index < -0.39 is 6.09 Å². The molecule has 0 fully saturated rings. The Kier molecular flexibility index (Phi) is 5.39. The molecule has 0 aliphatic carbocycles. The third kappa shape index (κ3) is 3.91. The van der Waals surface area contributed by atoms with Gasteiger partial charge in [-0.15, -0.1) is 0 Å². The molecule has 3 heterocycles. The molecule has 9 nitrogen and oxygen atoms in total. The number of pyridine rings is 1. The number of alkyl carbamates (subject to hydrolysis) is 1. The predicted octanol–water partition coefficient (Wildman–Crippen LogP) is 1.90. The fourth-order valence-corrected chi connectivity index (χ4v) is 2.64. The number of amides is 1. The zero-order chi connectivity index (χ0) is 19.4. The smallest absolute Gasteiger partial charge is 0.406 e. The number of aromatic nitrogens is 4. The molecule has 0 aliphatic rings. The minimum absolute atomic E-state index is 0.255. The van der Waals surface area contributed by atoms with Crippen molar-refractivity contribution >= 4 is 17.6 Å². The molecule has 0 bridgehead atoms. The monoisotopic (exact) mass is 370 g/mol. The van der Waals surface area contributed by atoms with Gasteiger partial charge in [-0.25, -0.2) is 19.3 Å². The van der Waals surface area contributed by atoms with E-state index in [9.17, 15) is 4.79 Å². The Morgan fingerprint density at radius 1 is 1.33 bits per heavy atom. The first-order valence-corrected chi connectivity index (χ1v) is 8.44. The van der Waals surface area contributed by atoms with E-state index in [0.717, 1.165) is 22.5 Å². The van der Waals surface area contributed by atoms with Gasteiger partial charge in [0.1, 0.15) is 12.4 Å². The minimum Gasteiger partial charge on any atom is -0.481 e. The molecule has 9 heteroatoms. The first kappa shape index (κ1) is 18.4. The lowest BCUT2D eigenvalue weighted by Gasteiger charge is -2.18. The van der Waals surface area contributed by atoms with Gasteiger partial charge >= 0.3 is 6.09 Å². The van der Waals surface area contributed by atoms with Gasteiger partial charge in [0.15, 0.2) is 5.65 Å². The summed E-state index contributed by atoms with van der Waals surface area (Å²) in [5.41, 5.74) is 3.38. The molecule has 1 N–H and O–H groups in total. The number of anilines is 1. The Hall–Kier alpha value is -3.36. The molecule has 0 saturated carbocycles. The van der Waals surface area contributed by atoms with Crippen molar-refractivity contribution in [1.29, 1.82) is 0 Å². The number of rotatable bonds is 6. The topological polar surface area (TPSA) is 93.9 Å². The highest BCUT2D eigenvalue weighted by Crippen LogP contribution is 2.31. The average molecular weight is 370 g/mol. The first-order chi connectivity index (χ1) is 13.0. The van der Waals surface area contributed by atoms with E-state index in [1.165, 1.54) is 7.05 Å². The molecule has 0 aliphatic heterocycles. The van der Waals surface area contributed by atoms with E-state index in [-0.39, 0.29) is 6.61 Å². The van der Waals surface area contributed by atoms with Crippen molar-refractivity contribution in [2.24, 2.45) is 0 Å². The highest BCUT2D eigenvalue weighted by Gasteiger charge is 2.15. The highest BCUT2D eigenvalue weighted by molar-refractivity contribution is 5.81. The largest absolute Gasteiger partial charge is 0.481 e. The van der Waals surface area contributed by atoms with Crippen molar-refractivity contribution in [3.8, 4) is 17.0 Å². The van der Waals surface area contributed by atoms with Crippen LogP contribution in [-0.4, -0.2) is 60.0 Å². The number of hydrogen-bond donors (Lipinski definition) is 1. The Bertz CT molecular complexity index is 955. The van der Waals surface area contributed by atoms with Crippen LogP contribution in [0.1, 0.15) is 5.56 Å².